The van der Waals surface area contributed by atoms with Gasteiger partial charge in [0.25, 0.3) is 0 Å². The van der Waals surface area contributed by atoms with Gasteiger partial charge >= 0.3 is 0 Å². The number of ether oxygens (including phenoxy) is 3. The zero-order chi connectivity index (χ0) is 25.9. The molecule has 8 nitrogen and oxygen atoms in total. The molecule has 6 rings (SSSR count). The predicted octanol–water partition coefficient (Wildman–Crippen LogP) is 5.28. The van der Waals surface area contributed by atoms with Crippen LogP contribution in [0.3, 0.4) is 0 Å². The van der Waals surface area contributed by atoms with Crippen LogP contribution in [-0.2, 0) is 4.79 Å². The third-order valence-electron chi connectivity index (χ3n) is 7.08. The Hall–Kier alpha value is -4.20. The maximum Gasteiger partial charge on any atom is 0.228 e. The van der Waals surface area contributed by atoms with E-state index < -0.39 is 5.92 Å². The largest absolute Gasteiger partial charge is 0.493 e. The number of carbonyl (C=O) groups is 1. The van der Waals surface area contributed by atoms with Gasteiger partial charge in [-0.15, -0.1) is 5.10 Å². The minimum atomic E-state index is -0.437. The summed E-state index contributed by atoms with van der Waals surface area (Å²) in [5.74, 6) is 2.53. The maximum atomic E-state index is 13.7. The van der Waals surface area contributed by atoms with E-state index in [1.165, 1.54) is 0 Å². The molecule has 0 saturated carbocycles. The number of carbonyl (C=O) groups excluding carboxylic acids is 1. The third-order valence-corrected chi connectivity index (χ3v) is 7.08. The van der Waals surface area contributed by atoms with E-state index >= 15 is 0 Å². The molecular formula is C29H28N4O4. The summed E-state index contributed by atoms with van der Waals surface area (Å²) in [5, 5.41) is 4.71. The monoisotopic (exact) mass is 496 g/mol. The van der Waals surface area contributed by atoms with E-state index in [4.69, 9.17) is 24.3 Å². The van der Waals surface area contributed by atoms with Crippen LogP contribution in [0.4, 0.5) is 0 Å². The number of hydrogen-bond donors (Lipinski definition) is 0. The Morgan fingerprint density at radius 3 is 2.62 bits per heavy atom. The highest BCUT2D eigenvalue weighted by molar-refractivity contribution is 6.00. The van der Waals surface area contributed by atoms with Crippen molar-refractivity contribution in [1.29, 1.82) is 0 Å². The van der Waals surface area contributed by atoms with E-state index in [1.54, 1.807) is 25.1 Å². The predicted molar refractivity (Wildman–Crippen MR) is 138 cm³/mol. The number of fused-ring (bicyclic) bond motifs is 3. The van der Waals surface area contributed by atoms with Crippen molar-refractivity contribution >= 4 is 11.4 Å². The number of aryl methyl sites for hydroxylation is 1. The van der Waals surface area contributed by atoms with Crippen molar-refractivity contribution in [3.8, 4) is 28.8 Å². The number of Topliss-reactive ketones (excluding diaryl/α,β-unsaturated/α-hetero) is 1. The molecule has 1 aliphatic heterocycles. The van der Waals surface area contributed by atoms with Crippen molar-refractivity contribution in [3.63, 3.8) is 0 Å². The summed E-state index contributed by atoms with van der Waals surface area (Å²) in [6.45, 7) is 6.21. The Bertz CT molecular complexity index is 1600. The molecule has 1 unspecified atom stereocenters. The minimum absolute atomic E-state index is 0.0668. The Kier molecular flexibility index (Phi) is 5.29. The summed E-state index contributed by atoms with van der Waals surface area (Å²) in [6, 6.07) is 13.8. The highest BCUT2D eigenvalue weighted by Gasteiger charge is 2.44. The molecule has 1 aliphatic carbocycles. The summed E-state index contributed by atoms with van der Waals surface area (Å²) in [4.78, 5) is 23.2. The van der Waals surface area contributed by atoms with Crippen LogP contribution < -0.4 is 14.2 Å². The highest BCUT2D eigenvalue weighted by Crippen LogP contribution is 2.51. The maximum absolute atomic E-state index is 13.7. The van der Waals surface area contributed by atoms with Gasteiger partial charge in [0.15, 0.2) is 28.8 Å². The Labute approximate surface area is 214 Å². The van der Waals surface area contributed by atoms with E-state index in [-0.39, 0.29) is 11.2 Å². The SMILES string of the molecule is COc1ccc(C2C3=C(CC(C)(C)CC3=O)Oc3ncn4nc(-c5cccc(C)c5)nc4c32)cc1OC. The van der Waals surface area contributed by atoms with E-state index in [2.05, 4.69) is 18.8 Å². The normalized spacial score (nSPS) is 18.3. The molecule has 2 aromatic carbocycles. The molecule has 188 valence electrons. The third kappa shape index (κ3) is 3.84. The number of methoxy groups -OCH3 is 2. The van der Waals surface area contributed by atoms with E-state index in [1.807, 2.05) is 49.4 Å². The van der Waals surface area contributed by atoms with Crippen LogP contribution in [-0.4, -0.2) is 39.6 Å². The van der Waals surface area contributed by atoms with Crippen molar-refractivity contribution in [2.45, 2.75) is 39.5 Å². The molecule has 0 N–H and O–H groups in total. The Morgan fingerprint density at radius 2 is 1.86 bits per heavy atom. The number of allylic oxidation sites excluding steroid dienone is 2. The molecule has 8 heteroatoms. The standard InChI is InChI=1S/C29H28N4O4/c1-16-7-6-8-18(11-16)26-31-27-25-23(17-9-10-20(35-4)21(12-17)36-5)24-19(34)13-29(2,3)14-22(24)37-28(25)30-15-33(27)32-26/h6-12,15,23H,13-14H2,1-5H3. The summed E-state index contributed by atoms with van der Waals surface area (Å²) in [7, 11) is 3.20. The lowest BCUT2D eigenvalue weighted by Gasteiger charge is -2.37. The fraction of sp³-hybridized carbons (Fsp3) is 0.310. The molecule has 2 aliphatic rings. The molecule has 2 aromatic heterocycles. The van der Waals surface area contributed by atoms with Crippen molar-refractivity contribution in [1.82, 2.24) is 19.6 Å². The molecule has 0 spiro atoms. The van der Waals surface area contributed by atoms with Crippen LogP contribution in [0.15, 0.2) is 60.1 Å². The minimum Gasteiger partial charge on any atom is -0.493 e. The van der Waals surface area contributed by atoms with Crippen LogP contribution in [0.1, 0.15) is 49.3 Å². The van der Waals surface area contributed by atoms with Gasteiger partial charge in [0.2, 0.25) is 5.88 Å². The van der Waals surface area contributed by atoms with E-state index in [0.29, 0.717) is 58.6 Å². The van der Waals surface area contributed by atoms with E-state index in [0.717, 1.165) is 16.7 Å². The average molecular weight is 497 g/mol. The van der Waals surface area contributed by atoms with Gasteiger partial charge in [-0.2, -0.15) is 0 Å². The molecule has 37 heavy (non-hydrogen) atoms. The number of nitrogens with zero attached hydrogens (tertiary/aromatic N) is 4. The van der Waals surface area contributed by atoms with Gasteiger partial charge in [0.05, 0.1) is 25.7 Å². The Morgan fingerprint density at radius 1 is 1.05 bits per heavy atom. The van der Waals surface area contributed by atoms with Crippen molar-refractivity contribution in [2.24, 2.45) is 5.41 Å². The Balaban J connectivity index is 1.61. The van der Waals surface area contributed by atoms with Crippen molar-refractivity contribution < 1.29 is 19.0 Å². The first-order valence-corrected chi connectivity index (χ1v) is 12.3. The summed E-state index contributed by atoms with van der Waals surface area (Å²) in [6.07, 6.45) is 2.70. The summed E-state index contributed by atoms with van der Waals surface area (Å²) < 4.78 is 19.1. The second-order valence-electron chi connectivity index (χ2n) is 10.5. The van der Waals surface area contributed by atoms with Gasteiger partial charge in [0, 0.05) is 24.0 Å². The second-order valence-corrected chi connectivity index (χ2v) is 10.5. The molecular weight excluding hydrogens is 468 g/mol. The zero-order valence-corrected chi connectivity index (χ0v) is 21.5. The first kappa shape index (κ1) is 23.2. The zero-order valence-electron chi connectivity index (χ0n) is 21.5. The molecule has 0 radical (unpaired) electrons. The molecule has 1 atom stereocenters. The van der Waals surface area contributed by atoms with Crippen molar-refractivity contribution in [2.75, 3.05) is 14.2 Å². The number of benzene rings is 2. The fourth-order valence-electron chi connectivity index (χ4n) is 5.42. The number of rotatable bonds is 4. The molecule has 0 saturated heterocycles. The topological polar surface area (TPSA) is 87.8 Å². The molecule has 3 heterocycles. The van der Waals surface area contributed by atoms with Crippen LogP contribution in [0, 0.1) is 12.3 Å². The summed E-state index contributed by atoms with van der Waals surface area (Å²) >= 11 is 0. The number of hydrogen-bond acceptors (Lipinski definition) is 7. The van der Waals surface area contributed by atoms with Crippen LogP contribution in [0.25, 0.3) is 17.0 Å². The lowest BCUT2D eigenvalue weighted by molar-refractivity contribution is -0.118. The molecule has 0 fully saturated rings. The van der Waals surface area contributed by atoms with Gasteiger partial charge in [0.1, 0.15) is 12.1 Å². The number of ketones is 1. The quantitative estimate of drug-likeness (QED) is 0.380. The van der Waals surface area contributed by atoms with Gasteiger partial charge in [-0.25, -0.2) is 14.5 Å². The number of aromatic nitrogens is 4. The molecule has 4 aromatic rings. The second kappa shape index (κ2) is 8.44. The van der Waals surface area contributed by atoms with Crippen LogP contribution in [0.2, 0.25) is 0 Å². The van der Waals surface area contributed by atoms with Crippen LogP contribution in [0.5, 0.6) is 17.4 Å². The summed E-state index contributed by atoms with van der Waals surface area (Å²) in [5.41, 5.74) is 4.66. The highest BCUT2D eigenvalue weighted by atomic mass is 16.5. The average Bonchev–Trinajstić information content (AvgIpc) is 3.31. The van der Waals surface area contributed by atoms with Gasteiger partial charge in [-0.1, -0.05) is 43.7 Å². The van der Waals surface area contributed by atoms with Gasteiger partial charge in [-0.05, 0) is 36.1 Å². The first-order chi connectivity index (χ1) is 17.8. The van der Waals surface area contributed by atoms with E-state index in [9.17, 15) is 4.79 Å². The lowest BCUT2D eigenvalue weighted by atomic mass is 9.70. The van der Waals surface area contributed by atoms with Crippen LogP contribution >= 0.6 is 0 Å². The molecule has 0 amide bonds. The first-order valence-electron chi connectivity index (χ1n) is 12.3. The smallest absolute Gasteiger partial charge is 0.228 e. The van der Waals surface area contributed by atoms with Crippen molar-refractivity contribution in [3.05, 3.63) is 76.8 Å². The van der Waals surface area contributed by atoms with Gasteiger partial charge < -0.3 is 14.2 Å². The fourth-order valence-corrected chi connectivity index (χ4v) is 5.42. The molecule has 0 bridgehead atoms. The lowest BCUT2D eigenvalue weighted by Crippen LogP contribution is -2.33. The van der Waals surface area contributed by atoms with Gasteiger partial charge in [-0.3, -0.25) is 4.79 Å².